The van der Waals surface area contributed by atoms with Crippen LogP contribution in [0.1, 0.15) is 37.7 Å². The van der Waals surface area contributed by atoms with Gasteiger partial charge in [-0.2, -0.15) is 0 Å². The zero-order valence-corrected chi connectivity index (χ0v) is 14.1. The topological polar surface area (TPSA) is 60.4 Å². The Bertz CT molecular complexity index is 787. The third-order valence-electron chi connectivity index (χ3n) is 4.54. The number of hydrogen-bond acceptors (Lipinski definition) is 4. The molecule has 2 unspecified atom stereocenters. The smallest absolute Gasteiger partial charge is 0.158 e. The number of para-hydroxylation sites is 1. The molecule has 2 atom stereocenters. The van der Waals surface area contributed by atoms with E-state index >= 15 is 0 Å². The minimum atomic E-state index is -1.09. The van der Waals surface area contributed by atoms with E-state index in [9.17, 15) is 14.4 Å². The first-order chi connectivity index (χ1) is 12.1. The van der Waals surface area contributed by atoms with Crippen LogP contribution in [-0.4, -0.2) is 17.3 Å². The second-order valence-corrected chi connectivity index (χ2v) is 6.20. The van der Waals surface area contributed by atoms with Crippen molar-refractivity contribution >= 4 is 17.3 Å². The zero-order chi connectivity index (χ0) is 17.8. The lowest BCUT2D eigenvalue weighted by Gasteiger charge is -2.26. The minimum absolute atomic E-state index is 0.200. The summed E-state index contributed by atoms with van der Waals surface area (Å²) in [5.41, 5.74) is 0.792. The number of carbonyl (C=O) groups is 3. The lowest BCUT2D eigenvalue weighted by Crippen LogP contribution is -2.39. The Labute approximate surface area is 146 Å². The summed E-state index contributed by atoms with van der Waals surface area (Å²) in [6.45, 7) is 1.68. The van der Waals surface area contributed by atoms with E-state index in [-0.39, 0.29) is 30.2 Å². The van der Waals surface area contributed by atoms with Gasteiger partial charge in [0.1, 0.15) is 17.4 Å². The Hall–Kier alpha value is -2.75. The highest BCUT2D eigenvalue weighted by Gasteiger charge is 2.41. The first kappa shape index (κ1) is 17.1. The summed E-state index contributed by atoms with van der Waals surface area (Å²) < 4.78 is 5.82. The van der Waals surface area contributed by atoms with Crippen molar-refractivity contribution in [1.29, 1.82) is 0 Å². The maximum atomic E-state index is 12.7. The fraction of sp³-hybridized carbons (Fsp3) is 0.286. The molecule has 0 aromatic heterocycles. The Balaban J connectivity index is 1.84. The van der Waals surface area contributed by atoms with Crippen LogP contribution in [0, 0.1) is 5.92 Å². The molecule has 1 saturated carbocycles. The molecule has 1 aliphatic carbocycles. The van der Waals surface area contributed by atoms with E-state index in [1.165, 1.54) is 0 Å². The SMILES string of the molecule is CCC(=O)C1C(=O)CCC(c2cccc(Oc3ccccc3)c2)C1=O. The molecule has 25 heavy (non-hydrogen) atoms. The fourth-order valence-electron chi connectivity index (χ4n) is 3.23. The van der Waals surface area contributed by atoms with Crippen LogP contribution >= 0.6 is 0 Å². The van der Waals surface area contributed by atoms with E-state index in [1.807, 2.05) is 54.6 Å². The third-order valence-corrected chi connectivity index (χ3v) is 4.54. The van der Waals surface area contributed by atoms with E-state index in [0.29, 0.717) is 17.9 Å². The molecule has 2 aromatic rings. The molecule has 3 rings (SSSR count). The number of rotatable bonds is 5. The Morgan fingerprint density at radius 1 is 1.04 bits per heavy atom. The molecule has 4 heteroatoms. The van der Waals surface area contributed by atoms with Crippen molar-refractivity contribution in [2.24, 2.45) is 5.92 Å². The van der Waals surface area contributed by atoms with E-state index in [2.05, 4.69) is 0 Å². The molecule has 1 aliphatic rings. The highest BCUT2D eigenvalue weighted by atomic mass is 16.5. The monoisotopic (exact) mass is 336 g/mol. The van der Waals surface area contributed by atoms with Gasteiger partial charge < -0.3 is 4.74 Å². The van der Waals surface area contributed by atoms with Gasteiger partial charge in [0, 0.05) is 18.8 Å². The van der Waals surface area contributed by atoms with Gasteiger partial charge in [-0.3, -0.25) is 14.4 Å². The Kier molecular flexibility index (Phi) is 5.08. The lowest BCUT2D eigenvalue weighted by atomic mass is 9.74. The molecular formula is C21H20O4. The van der Waals surface area contributed by atoms with Crippen molar-refractivity contribution in [1.82, 2.24) is 0 Å². The number of ether oxygens (including phenoxy) is 1. The van der Waals surface area contributed by atoms with Crippen molar-refractivity contribution in [3.63, 3.8) is 0 Å². The van der Waals surface area contributed by atoms with Gasteiger partial charge in [-0.15, -0.1) is 0 Å². The quantitative estimate of drug-likeness (QED) is 0.772. The van der Waals surface area contributed by atoms with Crippen molar-refractivity contribution in [2.75, 3.05) is 0 Å². The maximum absolute atomic E-state index is 12.7. The summed E-state index contributed by atoms with van der Waals surface area (Å²) in [6.07, 6.45) is 0.905. The molecular weight excluding hydrogens is 316 g/mol. The zero-order valence-electron chi connectivity index (χ0n) is 14.1. The molecule has 0 aliphatic heterocycles. The molecule has 0 radical (unpaired) electrons. The molecule has 0 bridgehead atoms. The predicted molar refractivity (Wildman–Crippen MR) is 93.7 cm³/mol. The van der Waals surface area contributed by atoms with E-state index in [0.717, 1.165) is 5.56 Å². The summed E-state index contributed by atoms with van der Waals surface area (Å²) in [5, 5.41) is 0. The second kappa shape index (κ2) is 7.43. The van der Waals surface area contributed by atoms with Gasteiger partial charge in [0.25, 0.3) is 0 Å². The van der Waals surface area contributed by atoms with Crippen LogP contribution < -0.4 is 4.74 Å². The average Bonchev–Trinajstić information content (AvgIpc) is 2.62. The summed E-state index contributed by atoms with van der Waals surface area (Å²) >= 11 is 0. The first-order valence-electron chi connectivity index (χ1n) is 8.52. The summed E-state index contributed by atoms with van der Waals surface area (Å²) in [7, 11) is 0. The number of hydrogen-bond donors (Lipinski definition) is 0. The van der Waals surface area contributed by atoms with Crippen molar-refractivity contribution in [2.45, 2.75) is 32.1 Å². The largest absolute Gasteiger partial charge is 0.457 e. The highest BCUT2D eigenvalue weighted by molar-refractivity contribution is 6.22. The van der Waals surface area contributed by atoms with Crippen LogP contribution in [-0.2, 0) is 14.4 Å². The Morgan fingerprint density at radius 2 is 1.76 bits per heavy atom. The van der Waals surface area contributed by atoms with Crippen LogP contribution in [0.5, 0.6) is 11.5 Å². The number of ketones is 3. The molecule has 4 nitrogen and oxygen atoms in total. The minimum Gasteiger partial charge on any atom is -0.457 e. The van der Waals surface area contributed by atoms with Crippen LogP contribution in [0.4, 0.5) is 0 Å². The van der Waals surface area contributed by atoms with Crippen LogP contribution in [0.25, 0.3) is 0 Å². The molecule has 0 saturated heterocycles. The third kappa shape index (κ3) is 3.68. The summed E-state index contributed by atoms with van der Waals surface area (Å²) in [5.74, 6) is -0.989. The average molecular weight is 336 g/mol. The van der Waals surface area contributed by atoms with Gasteiger partial charge in [0.05, 0.1) is 0 Å². The van der Waals surface area contributed by atoms with Crippen LogP contribution in [0.2, 0.25) is 0 Å². The molecule has 2 aromatic carbocycles. The standard InChI is InChI=1S/C21H20O4/c1-2-18(22)20-19(23)12-11-17(21(20)24)14-7-6-10-16(13-14)25-15-8-4-3-5-9-15/h3-10,13,17,20H,2,11-12H2,1H3. The van der Waals surface area contributed by atoms with Crippen molar-refractivity contribution < 1.29 is 19.1 Å². The summed E-state index contributed by atoms with van der Waals surface area (Å²) in [6, 6.07) is 16.7. The molecule has 0 heterocycles. The van der Waals surface area contributed by atoms with Gasteiger partial charge in [-0.1, -0.05) is 37.3 Å². The van der Waals surface area contributed by atoms with Gasteiger partial charge in [0.15, 0.2) is 17.3 Å². The van der Waals surface area contributed by atoms with Gasteiger partial charge >= 0.3 is 0 Å². The maximum Gasteiger partial charge on any atom is 0.158 e. The predicted octanol–water partition coefficient (Wildman–Crippen LogP) is 4.09. The fourth-order valence-corrected chi connectivity index (χ4v) is 3.23. The molecule has 0 amide bonds. The number of benzene rings is 2. The molecule has 128 valence electrons. The first-order valence-corrected chi connectivity index (χ1v) is 8.52. The molecule has 0 spiro atoms. The van der Waals surface area contributed by atoms with Gasteiger partial charge in [-0.05, 0) is 36.2 Å². The van der Waals surface area contributed by atoms with Crippen LogP contribution in [0.15, 0.2) is 54.6 Å². The van der Waals surface area contributed by atoms with E-state index in [1.54, 1.807) is 6.92 Å². The van der Waals surface area contributed by atoms with Gasteiger partial charge in [-0.25, -0.2) is 0 Å². The Morgan fingerprint density at radius 3 is 2.48 bits per heavy atom. The lowest BCUT2D eigenvalue weighted by molar-refractivity contribution is -0.143. The van der Waals surface area contributed by atoms with Gasteiger partial charge in [0.2, 0.25) is 0 Å². The highest BCUT2D eigenvalue weighted by Crippen LogP contribution is 2.34. The van der Waals surface area contributed by atoms with Crippen molar-refractivity contribution in [3.05, 3.63) is 60.2 Å². The number of carbonyl (C=O) groups excluding carboxylic acids is 3. The van der Waals surface area contributed by atoms with E-state index < -0.39 is 11.8 Å². The molecule has 1 fully saturated rings. The normalized spacial score (nSPS) is 20.4. The summed E-state index contributed by atoms with van der Waals surface area (Å²) in [4.78, 5) is 36.8. The van der Waals surface area contributed by atoms with Crippen LogP contribution in [0.3, 0.4) is 0 Å². The van der Waals surface area contributed by atoms with E-state index in [4.69, 9.17) is 4.74 Å². The number of Topliss-reactive ketones (excluding diaryl/α,β-unsaturated/α-hetero) is 3. The molecule has 0 N–H and O–H groups in total. The second-order valence-electron chi connectivity index (χ2n) is 6.20. The van der Waals surface area contributed by atoms with Crippen molar-refractivity contribution in [3.8, 4) is 11.5 Å².